The maximum atomic E-state index is 13.1. The van der Waals surface area contributed by atoms with Crippen molar-refractivity contribution in [3.8, 4) is 0 Å². The summed E-state index contributed by atoms with van der Waals surface area (Å²) in [7, 11) is 1.62. The lowest BCUT2D eigenvalue weighted by Gasteiger charge is -2.08. The summed E-state index contributed by atoms with van der Waals surface area (Å²) in [6, 6.07) is 11.2. The first-order valence-corrected chi connectivity index (χ1v) is 6.34. The summed E-state index contributed by atoms with van der Waals surface area (Å²) >= 11 is 0. The highest BCUT2D eigenvalue weighted by molar-refractivity contribution is 5.61. The van der Waals surface area contributed by atoms with Crippen LogP contribution in [0.25, 0.3) is 0 Å². The topological polar surface area (TPSA) is 64.4 Å². The van der Waals surface area contributed by atoms with Gasteiger partial charge in [-0.2, -0.15) is 0 Å². The average Bonchev–Trinajstić information content (AvgIpc) is 2.46. The third-order valence-corrected chi connectivity index (χ3v) is 2.94. The molecule has 5 nitrogen and oxygen atoms in total. The van der Waals surface area contributed by atoms with Crippen LogP contribution in [0.2, 0.25) is 0 Å². The molecule has 0 heterocycles. The Labute approximate surface area is 121 Å². The maximum Gasteiger partial charge on any atom is 0.295 e. The average molecular weight is 290 g/mol. The van der Waals surface area contributed by atoms with Gasteiger partial charge < -0.3 is 10.1 Å². The molecule has 2 aromatic rings. The van der Waals surface area contributed by atoms with Crippen LogP contribution in [0.5, 0.6) is 0 Å². The third kappa shape index (κ3) is 4.00. The molecule has 2 rings (SSSR count). The van der Waals surface area contributed by atoms with Crippen molar-refractivity contribution in [3.63, 3.8) is 0 Å². The number of nitrogens with zero attached hydrogens (tertiary/aromatic N) is 1. The molecule has 6 heteroatoms. The molecule has 0 amide bonds. The number of anilines is 1. The van der Waals surface area contributed by atoms with Crippen molar-refractivity contribution in [2.75, 3.05) is 12.4 Å². The van der Waals surface area contributed by atoms with Gasteiger partial charge in [0.05, 0.1) is 17.6 Å². The lowest BCUT2D eigenvalue weighted by atomic mass is 10.1. The molecule has 0 saturated heterocycles. The number of rotatable bonds is 6. The highest BCUT2D eigenvalue weighted by atomic mass is 19.1. The van der Waals surface area contributed by atoms with E-state index in [1.54, 1.807) is 7.11 Å². The fourth-order valence-electron chi connectivity index (χ4n) is 2.00. The molecule has 0 bridgehead atoms. The molecule has 21 heavy (non-hydrogen) atoms. The molecule has 0 unspecified atom stereocenters. The van der Waals surface area contributed by atoms with Gasteiger partial charge in [0.2, 0.25) is 0 Å². The van der Waals surface area contributed by atoms with E-state index in [0.717, 1.165) is 17.2 Å². The Morgan fingerprint density at radius 2 is 2.00 bits per heavy atom. The Kier molecular flexibility index (Phi) is 4.84. The first-order valence-electron chi connectivity index (χ1n) is 6.34. The van der Waals surface area contributed by atoms with Crippen molar-refractivity contribution in [2.45, 2.75) is 13.2 Å². The van der Waals surface area contributed by atoms with Crippen LogP contribution < -0.4 is 5.32 Å². The largest absolute Gasteiger partial charge is 0.380 e. The zero-order chi connectivity index (χ0) is 15.2. The molecule has 0 aliphatic rings. The molecule has 0 aliphatic carbocycles. The molecule has 0 fully saturated rings. The Morgan fingerprint density at radius 1 is 1.24 bits per heavy atom. The van der Waals surface area contributed by atoms with Gasteiger partial charge in [-0.1, -0.05) is 24.3 Å². The van der Waals surface area contributed by atoms with Gasteiger partial charge in [0, 0.05) is 13.7 Å². The van der Waals surface area contributed by atoms with E-state index in [2.05, 4.69) is 5.32 Å². The minimum Gasteiger partial charge on any atom is -0.380 e. The summed E-state index contributed by atoms with van der Waals surface area (Å²) in [6.45, 7) is 0.911. The first kappa shape index (κ1) is 14.9. The number of methoxy groups -OCH3 is 1. The van der Waals surface area contributed by atoms with Crippen LogP contribution in [0.15, 0.2) is 42.5 Å². The molecular weight excluding hydrogens is 275 g/mol. The number of hydrogen-bond acceptors (Lipinski definition) is 4. The Morgan fingerprint density at radius 3 is 2.71 bits per heavy atom. The molecule has 110 valence electrons. The van der Waals surface area contributed by atoms with Gasteiger partial charge in [-0.15, -0.1) is 0 Å². The van der Waals surface area contributed by atoms with Crippen molar-refractivity contribution in [1.29, 1.82) is 0 Å². The van der Waals surface area contributed by atoms with Crippen LogP contribution in [0, 0.1) is 15.9 Å². The van der Waals surface area contributed by atoms with Crippen LogP contribution in [0.4, 0.5) is 15.8 Å². The van der Waals surface area contributed by atoms with Crippen molar-refractivity contribution < 1.29 is 14.1 Å². The zero-order valence-electron chi connectivity index (χ0n) is 11.5. The summed E-state index contributed by atoms with van der Waals surface area (Å²) < 4.78 is 18.1. The number of benzene rings is 2. The fourth-order valence-corrected chi connectivity index (χ4v) is 2.00. The van der Waals surface area contributed by atoms with Crippen molar-refractivity contribution >= 4 is 11.4 Å². The second kappa shape index (κ2) is 6.81. The number of nitrogens with one attached hydrogen (secondary N) is 1. The van der Waals surface area contributed by atoms with E-state index in [4.69, 9.17) is 4.74 Å². The van der Waals surface area contributed by atoms with E-state index in [1.807, 2.05) is 24.3 Å². The van der Waals surface area contributed by atoms with Crippen LogP contribution in [0.3, 0.4) is 0 Å². The van der Waals surface area contributed by atoms with E-state index in [-0.39, 0.29) is 5.69 Å². The van der Waals surface area contributed by atoms with Gasteiger partial charge in [0.1, 0.15) is 11.5 Å². The van der Waals surface area contributed by atoms with Gasteiger partial charge >= 0.3 is 0 Å². The Hall–Kier alpha value is -2.47. The number of nitro benzene ring substituents is 1. The molecular formula is C15H15FN2O3. The highest BCUT2D eigenvalue weighted by Crippen LogP contribution is 2.25. The standard InChI is InChI=1S/C15H15FN2O3/c1-21-10-12-4-2-3-11(7-12)9-17-14-6-5-13(16)8-15(14)18(19)20/h2-8,17H,9-10H2,1H3. The minimum atomic E-state index is -0.630. The predicted octanol–water partition coefficient (Wildman–Crippen LogP) is 3.49. The van der Waals surface area contributed by atoms with E-state index >= 15 is 0 Å². The van der Waals surface area contributed by atoms with Crippen molar-refractivity contribution in [1.82, 2.24) is 0 Å². The number of halogens is 1. The fraction of sp³-hybridized carbons (Fsp3) is 0.200. The number of nitro groups is 1. The van der Waals surface area contributed by atoms with Crippen LogP contribution in [-0.2, 0) is 17.9 Å². The van der Waals surface area contributed by atoms with Crippen LogP contribution in [-0.4, -0.2) is 12.0 Å². The quantitative estimate of drug-likeness (QED) is 0.653. The molecule has 2 aromatic carbocycles. The van der Waals surface area contributed by atoms with Gasteiger partial charge in [0.25, 0.3) is 5.69 Å². The van der Waals surface area contributed by atoms with E-state index in [0.29, 0.717) is 18.8 Å². The molecule has 0 radical (unpaired) electrons. The maximum absolute atomic E-state index is 13.1. The second-order valence-electron chi connectivity index (χ2n) is 4.53. The molecule has 0 atom stereocenters. The van der Waals surface area contributed by atoms with Gasteiger partial charge in [0.15, 0.2) is 0 Å². The lowest BCUT2D eigenvalue weighted by molar-refractivity contribution is -0.384. The summed E-state index contributed by atoms with van der Waals surface area (Å²) in [5.74, 6) is -0.630. The smallest absolute Gasteiger partial charge is 0.295 e. The number of ether oxygens (including phenoxy) is 1. The van der Waals surface area contributed by atoms with Crippen molar-refractivity contribution in [2.24, 2.45) is 0 Å². The highest BCUT2D eigenvalue weighted by Gasteiger charge is 2.14. The Balaban J connectivity index is 2.13. The minimum absolute atomic E-state index is 0.275. The van der Waals surface area contributed by atoms with Gasteiger partial charge in [-0.05, 0) is 23.3 Å². The lowest BCUT2D eigenvalue weighted by Crippen LogP contribution is -2.03. The second-order valence-corrected chi connectivity index (χ2v) is 4.53. The van der Waals surface area contributed by atoms with Gasteiger partial charge in [-0.25, -0.2) is 4.39 Å². The first-order chi connectivity index (χ1) is 10.1. The Bertz CT molecular complexity index is 647. The summed E-state index contributed by atoms with van der Waals surface area (Å²) in [4.78, 5) is 10.3. The molecule has 0 aliphatic heterocycles. The predicted molar refractivity (Wildman–Crippen MR) is 77.5 cm³/mol. The molecule has 1 N–H and O–H groups in total. The zero-order valence-corrected chi connectivity index (χ0v) is 11.5. The normalized spacial score (nSPS) is 10.4. The van der Waals surface area contributed by atoms with E-state index in [9.17, 15) is 14.5 Å². The third-order valence-electron chi connectivity index (χ3n) is 2.94. The van der Waals surface area contributed by atoms with Gasteiger partial charge in [-0.3, -0.25) is 10.1 Å². The summed E-state index contributed by atoms with van der Waals surface area (Å²) in [5.41, 5.74) is 2.00. The molecule has 0 aromatic heterocycles. The summed E-state index contributed by atoms with van der Waals surface area (Å²) in [5, 5.41) is 13.9. The van der Waals surface area contributed by atoms with E-state index in [1.165, 1.54) is 12.1 Å². The monoisotopic (exact) mass is 290 g/mol. The SMILES string of the molecule is COCc1cccc(CNc2ccc(F)cc2[N+](=O)[O-])c1. The molecule has 0 spiro atoms. The summed E-state index contributed by atoms with van der Waals surface area (Å²) in [6.07, 6.45) is 0. The van der Waals surface area contributed by atoms with Crippen LogP contribution >= 0.6 is 0 Å². The van der Waals surface area contributed by atoms with Crippen LogP contribution in [0.1, 0.15) is 11.1 Å². The van der Waals surface area contributed by atoms with Crippen molar-refractivity contribution in [3.05, 3.63) is 69.5 Å². The molecule has 0 saturated carbocycles. The number of hydrogen-bond donors (Lipinski definition) is 1. The van der Waals surface area contributed by atoms with E-state index < -0.39 is 10.7 Å².